The number of likely N-dealkylation sites (tertiary alicyclic amines) is 1. The number of carboxylic acid groups (broad SMARTS) is 1. The number of piperidine rings is 1. The lowest BCUT2D eigenvalue weighted by Gasteiger charge is -2.33. The summed E-state index contributed by atoms with van der Waals surface area (Å²) < 4.78 is 0. The molecular formula is C13H17NO3. The minimum atomic E-state index is -0.907. The average Bonchev–Trinajstić information content (AvgIpc) is 2.32. The Labute approximate surface area is 100 Å². The lowest BCUT2D eigenvalue weighted by molar-refractivity contribution is -0.149. The van der Waals surface area contributed by atoms with Crippen LogP contribution < -0.4 is 0 Å². The number of hydrogen-bond acceptors (Lipinski definition) is 3. The molecule has 1 aliphatic rings. The maximum atomic E-state index is 11.0. The van der Waals surface area contributed by atoms with Gasteiger partial charge in [-0.15, -0.1) is 0 Å². The third kappa shape index (κ3) is 3.05. The monoisotopic (exact) mass is 235 g/mol. The SMILES string of the molecule is O=C(O)[C@@H]1CN(Cc2ccccc2)CC[C@H]1O. The predicted octanol–water partition coefficient (Wildman–Crippen LogP) is 0.954. The molecule has 1 aromatic carbocycles. The normalized spacial score (nSPS) is 25.7. The zero-order chi connectivity index (χ0) is 12.3. The minimum Gasteiger partial charge on any atom is -0.481 e. The molecule has 0 aliphatic carbocycles. The molecule has 0 amide bonds. The van der Waals surface area contributed by atoms with E-state index in [9.17, 15) is 9.90 Å². The summed E-state index contributed by atoms with van der Waals surface area (Å²) in [5.74, 6) is -1.57. The molecule has 1 aromatic rings. The first kappa shape index (κ1) is 12.1. The highest BCUT2D eigenvalue weighted by Crippen LogP contribution is 2.19. The first-order valence-electron chi connectivity index (χ1n) is 5.84. The summed E-state index contributed by atoms with van der Waals surface area (Å²) in [4.78, 5) is 13.1. The zero-order valence-electron chi connectivity index (χ0n) is 9.62. The molecule has 0 bridgehead atoms. The van der Waals surface area contributed by atoms with Crippen LogP contribution in [0.1, 0.15) is 12.0 Å². The molecule has 0 radical (unpaired) electrons. The van der Waals surface area contributed by atoms with Gasteiger partial charge in [0.25, 0.3) is 0 Å². The first-order valence-corrected chi connectivity index (χ1v) is 5.84. The van der Waals surface area contributed by atoms with Gasteiger partial charge in [0.1, 0.15) is 0 Å². The van der Waals surface area contributed by atoms with Crippen molar-refractivity contribution in [3.63, 3.8) is 0 Å². The van der Waals surface area contributed by atoms with Crippen molar-refractivity contribution >= 4 is 5.97 Å². The number of carbonyl (C=O) groups is 1. The molecule has 1 fully saturated rings. The first-order chi connectivity index (χ1) is 8.16. The van der Waals surface area contributed by atoms with Gasteiger partial charge in [-0.25, -0.2) is 0 Å². The summed E-state index contributed by atoms with van der Waals surface area (Å²) in [7, 11) is 0. The van der Waals surface area contributed by atoms with Crippen LogP contribution in [0.4, 0.5) is 0 Å². The smallest absolute Gasteiger partial charge is 0.310 e. The van der Waals surface area contributed by atoms with Gasteiger partial charge in [-0.05, 0) is 12.0 Å². The van der Waals surface area contributed by atoms with E-state index in [4.69, 9.17) is 5.11 Å². The molecule has 2 atom stereocenters. The second-order valence-corrected chi connectivity index (χ2v) is 4.52. The van der Waals surface area contributed by atoms with Crippen molar-refractivity contribution in [1.82, 2.24) is 4.90 Å². The second kappa shape index (κ2) is 5.29. The molecule has 1 heterocycles. The highest BCUT2D eigenvalue weighted by Gasteiger charge is 2.32. The third-order valence-electron chi connectivity index (χ3n) is 3.23. The van der Waals surface area contributed by atoms with Gasteiger partial charge in [0.05, 0.1) is 12.0 Å². The van der Waals surface area contributed by atoms with Crippen LogP contribution in [0.25, 0.3) is 0 Å². The maximum Gasteiger partial charge on any atom is 0.310 e. The summed E-state index contributed by atoms with van der Waals surface area (Å²) >= 11 is 0. The number of aliphatic hydroxyl groups excluding tert-OH is 1. The Kier molecular flexibility index (Phi) is 3.76. The maximum absolute atomic E-state index is 11.0. The van der Waals surface area contributed by atoms with E-state index >= 15 is 0 Å². The van der Waals surface area contributed by atoms with Gasteiger partial charge >= 0.3 is 5.97 Å². The highest BCUT2D eigenvalue weighted by atomic mass is 16.4. The largest absolute Gasteiger partial charge is 0.481 e. The molecule has 4 heteroatoms. The molecule has 1 saturated heterocycles. The van der Waals surface area contributed by atoms with Gasteiger partial charge < -0.3 is 10.2 Å². The van der Waals surface area contributed by atoms with E-state index in [2.05, 4.69) is 4.90 Å². The van der Waals surface area contributed by atoms with Crippen LogP contribution in [0.2, 0.25) is 0 Å². The van der Waals surface area contributed by atoms with E-state index < -0.39 is 18.0 Å². The summed E-state index contributed by atoms with van der Waals surface area (Å²) in [6, 6.07) is 9.97. The third-order valence-corrected chi connectivity index (χ3v) is 3.23. The Morgan fingerprint density at radius 1 is 1.35 bits per heavy atom. The van der Waals surface area contributed by atoms with Gasteiger partial charge in [0, 0.05) is 19.6 Å². The number of benzene rings is 1. The van der Waals surface area contributed by atoms with Crippen molar-refractivity contribution in [2.75, 3.05) is 13.1 Å². The van der Waals surface area contributed by atoms with E-state index in [0.29, 0.717) is 13.0 Å². The molecule has 17 heavy (non-hydrogen) atoms. The van der Waals surface area contributed by atoms with E-state index in [-0.39, 0.29) is 0 Å². The fourth-order valence-electron chi connectivity index (χ4n) is 2.24. The number of nitrogens with zero attached hydrogens (tertiary/aromatic N) is 1. The average molecular weight is 235 g/mol. The zero-order valence-corrected chi connectivity index (χ0v) is 9.62. The second-order valence-electron chi connectivity index (χ2n) is 4.52. The Hall–Kier alpha value is -1.39. The Balaban J connectivity index is 1.97. The number of hydrogen-bond donors (Lipinski definition) is 2. The number of aliphatic carboxylic acids is 1. The van der Waals surface area contributed by atoms with E-state index in [1.165, 1.54) is 5.56 Å². The Morgan fingerprint density at radius 2 is 2.06 bits per heavy atom. The minimum absolute atomic E-state index is 0.422. The van der Waals surface area contributed by atoms with Crippen molar-refractivity contribution in [1.29, 1.82) is 0 Å². The van der Waals surface area contributed by atoms with Crippen LogP contribution >= 0.6 is 0 Å². The summed E-state index contributed by atoms with van der Waals surface area (Å²) in [6.45, 7) is 1.92. The lowest BCUT2D eigenvalue weighted by atomic mass is 9.94. The predicted molar refractivity (Wildman–Crippen MR) is 63.5 cm³/mol. The summed E-state index contributed by atoms with van der Waals surface area (Å²) in [5.41, 5.74) is 1.17. The van der Waals surface area contributed by atoms with Crippen LogP contribution in [-0.2, 0) is 11.3 Å². The Morgan fingerprint density at radius 3 is 2.71 bits per heavy atom. The van der Waals surface area contributed by atoms with Crippen molar-refractivity contribution in [2.24, 2.45) is 5.92 Å². The van der Waals surface area contributed by atoms with Crippen LogP contribution in [-0.4, -0.2) is 40.3 Å². The molecular weight excluding hydrogens is 218 g/mol. The van der Waals surface area contributed by atoms with E-state index in [0.717, 1.165) is 13.1 Å². The molecule has 2 N–H and O–H groups in total. The molecule has 0 aromatic heterocycles. The molecule has 0 spiro atoms. The van der Waals surface area contributed by atoms with Crippen LogP contribution in [0.15, 0.2) is 30.3 Å². The van der Waals surface area contributed by atoms with Crippen LogP contribution in [0, 0.1) is 5.92 Å². The Bertz CT molecular complexity index is 380. The van der Waals surface area contributed by atoms with Gasteiger partial charge in [0.15, 0.2) is 0 Å². The number of carboxylic acids is 1. The van der Waals surface area contributed by atoms with E-state index in [1.807, 2.05) is 30.3 Å². The standard InChI is InChI=1S/C13H17NO3/c15-12-6-7-14(9-11(12)13(16)17)8-10-4-2-1-3-5-10/h1-5,11-12,15H,6-9H2,(H,16,17)/t11-,12-/m1/s1. The molecule has 4 nitrogen and oxygen atoms in total. The molecule has 0 saturated carbocycles. The van der Waals surface area contributed by atoms with Gasteiger partial charge in [-0.3, -0.25) is 9.69 Å². The van der Waals surface area contributed by atoms with Gasteiger partial charge in [-0.1, -0.05) is 30.3 Å². The molecule has 2 rings (SSSR count). The van der Waals surface area contributed by atoms with Crippen molar-refractivity contribution < 1.29 is 15.0 Å². The molecule has 92 valence electrons. The van der Waals surface area contributed by atoms with Gasteiger partial charge in [0.2, 0.25) is 0 Å². The summed E-state index contributed by atoms with van der Waals surface area (Å²) in [5, 5.41) is 18.6. The molecule has 1 aliphatic heterocycles. The quantitative estimate of drug-likeness (QED) is 0.819. The number of rotatable bonds is 3. The fraction of sp³-hybridized carbons (Fsp3) is 0.462. The topological polar surface area (TPSA) is 60.8 Å². The lowest BCUT2D eigenvalue weighted by Crippen LogP contribution is -2.46. The fourth-order valence-corrected chi connectivity index (χ4v) is 2.24. The highest BCUT2D eigenvalue weighted by molar-refractivity contribution is 5.71. The molecule has 0 unspecified atom stereocenters. The van der Waals surface area contributed by atoms with Crippen molar-refractivity contribution in [3.05, 3.63) is 35.9 Å². The summed E-state index contributed by atoms with van der Waals surface area (Å²) in [6.07, 6.45) is -0.177. The van der Waals surface area contributed by atoms with Gasteiger partial charge in [-0.2, -0.15) is 0 Å². The van der Waals surface area contributed by atoms with Crippen LogP contribution in [0.5, 0.6) is 0 Å². The number of aliphatic hydroxyl groups is 1. The van der Waals surface area contributed by atoms with Crippen molar-refractivity contribution in [3.8, 4) is 0 Å². The van der Waals surface area contributed by atoms with E-state index in [1.54, 1.807) is 0 Å². The van der Waals surface area contributed by atoms with Crippen molar-refractivity contribution in [2.45, 2.75) is 19.1 Å². The van der Waals surface area contributed by atoms with Crippen LogP contribution in [0.3, 0.4) is 0 Å².